The van der Waals surface area contributed by atoms with Gasteiger partial charge in [-0.1, -0.05) is 18.7 Å². The van der Waals surface area contributed by atoms with Gasteiger partial charge in [-0.05, 0) is 6.42 Å². The zero-order valence-electron chi connectivity index (χ0n) is 9.70. The van der Waals surface area contributed by atoms with Gasteiger partial charge in [0.2, 0.25) is 0 Å². The zero-order valence-corrected chi connectivity index (χ0v) is 10.5. The lowest BCUT2D eigenvalue weighted by Crippen LogP contribution is -2.48. The molecule has 0 fully saturated rings. The number of carbonyl (C=O) groups excluding carboxylic acids is 1. The van der Waals surface area contributed by atoms with Crippen LogP contribution in [0.25, 0.3) is 0 Å². The smallest absolute Gasteiger partial charge is 0.287 e. The summed E-state index contributed by atoms with van der Waals surface area (Å²) in [5.41, 5.74) is 0. The first-order chi connectivity index (χ1) is 8.19. The third kappa shape index (κ3) is 4.70. The number of thioether (sulfide) groups is 1. The van der Waals surface area contributed by atoms with Gasteiger partial charge in [-0.2, -0.15) is 17.6 Å². The molecule has 0 aromatic rings. The Morgan fingerprint density at radius 2 is 1.83 bits per heavy atom. The molecule has 0 amide bonds. The maximum atomic E-state index is 13.1. The van der Waals surface area contributed by atoms with Gasteiger partial charge in [-0.15, -0.1) is 0 Å². The molecule has 1 atom stereocenters. The number of alkyl halides is 6. The highest BCUT2D eigenvalue weighted by Gasteiger charge is 2.60. The van der Waals surface area contributed by atoms with Gasteiger partial charge in [-0.25, -0.2) is 4.39 Å². The highest BCUT2D eigenvalue weighted by atomic mass is 32.2. The lowest BCUT2D eigenvalue weighted by Gasteiger charge is -2.28. The molecule has 0 saturated carbocycles. The van der Waals surface area contributed by atoms with Crippen LogP contribution in [0.1, 0.15) is 26.2 Å². The molecule has 1 nitrogen and oxygen atoms in total. The van der Waals surface area contributed by atoms with E-state index >= 15 is 0 Å². The fraction of sp³-hybridized carbons (Fsp3) is 0.900. The van der Waals surface area contributed by atoms with Crippen LogP contribution in [-0.2, 0) is 4.79 Å². The molecule has 18 heavy (non-hydrogen) atoms. The second kappa shape index (κ2) is 7.25. The van der Waals surface area contributed by atoms with Crippen molar-refractivity contribution in [1.82, 2.24) is 0 Å². The molecule has 0 heterocycles. The zero-order chi connectivity index (χ0) is 14.4. The summed E-state index contributed by atoms with van der Waals surface area (Å²) in [5.74, 6) is -9.95. The fourth-order valence-corrected chi connectivity index (χ4v) is 1.83. The van der Waals surface area contributed by atoms with Gasteiger partial charge in [0.15, 0.2) is 11.3 Å². The van der Waals surface area contributed by atoms with E-state index in [4.69, 9.17) is 0 Å². The molecule has 0 radical (unpaired) electrons. The van der Waals surface area contributed by atoms with Crippen molar-refractivity contribution >= 4 is 16.9 Å². The minimum atomic E-state index is -4.92. The van der Waals surface area contributed by atoms with Crippen LogP contribution >= 0.6 is 11.8 Å². The van der Waals surface area contributed by atoms with E-state index in [1.54, 1.807) is 0 Å². The maximum Gasteiger partial charge on any atom is 0.340 e. The van der Waals surface area contributed by atoms with Crippen LogP contribution in [-0.4, -0.2) is 35.6 Å². The van der Waals surface area contributed by atoms with Crippen LogP contribution in [0.4, 0.5) is 26.3 Å². The number of halogens is 6. The van der Waals surface area contributed by atoms with Gasteiger partial charge in [0.1, 0.15) is 0 Å². The predicted molar refractivity (Wildman–Crippen MR) is 57.8 cm³/mol. The first-order valence-electron chi connectivity index (χ1n) is 5.30. The second-order valence-electron chi connectivity index (χ2n) is 3.60. The van der Waals surface area contributed by atoms with E-state index in [2.05, 4.69) is 0 Å². The topological polar surface area (TPSA) is 17.1 Å². The van der Waals surface area contributed by atoms with Crippen molar-refractivity contribution in [3.8, 4) is 0 Å². The molecule has 0 aromatic heterocycles. The molecule has 0 aliphatic rings. The Balaban J connectivity index is 4.38. The Hall–Kier alpha value is -0.400. The van der Waals surface area contributed by atoms with Crippen LogP contribution in [0.5, 0.6) is 0 Å². The minimum Gasteiger partial charge on any atom is -0.287 e. The highest BCUT2D eigenvalue weighted by molar-refractivity contribution is 8.13. The molecule has 0 N–H and O–H groups in total. The minimum absolute atomic E-state index is 0.149. The lowest BCUT2D eigenvalue weighted by molar-refractivity contribution is -0.242. The molecule has 0 aliphatic heterocycles. The van der Waals surface area contributed by atoms with Crippen LogP contribution < -0.4 is 0 Å². The number of rotatable bonds is 8. The molecule has 0 saturated heterocycles. The average Bonchev–Trinajstić information content (AvgIpc) is 2.28. The number of carbonyl (C=O) groups is 1. The van der Waals surface area contributed by atoms with Crippen LogP contribution in [0.3, 0.4) is 0 Å². The average molecular weight is 296 g/mol. The SMILES string of the molecule is CCC(=O)SCCC(F)C(F)(F)C(F)(F)CCF. The third-order valence-electron chi connectivity index (χ3n) is 2.21. The number of hydrogen-bond acceptors (Lipinski definition) is 2. The van der Waals surface area contributed by atoms with Gasteiger partial charge in [-0.3, -0.25) is 9.18 Å². The first kappa shape index (κ1) is 17.6. The van der Waals surface area contributed by atoms with Gasteiger partial charge < -0.3 is 0 Å². The van der Waals surface area contributed by atoms with Crippen LogP contribution in [0, 0.1) is 0 Å². The molecule has 0 spiro atoms. The van der Waals surface area contributed by atoms with E-state index in [9.17, 15) is 31.1 Å². The van der Waals surface area contributed by atoms with Crippen molar-refractivity contribution < 1.29 is 31.1 Å². The largest absolute Gasteiger partial charge is 0.340 e. The van der Waals surface area contributed by atoms with Crippen molar-refractivity contribution in [2.75, 3.05) is 12.4 Å². The summed E-state index contributed by atoms with van der Waals surface area (Å²) in [6.07, 6.45) is -5.56. The fourth-order valence-electron chi connectivity index (χ4n) is 1.07. The van der Waals surface area contributed by atoms with E-state index in [0.717, 1.165) is 0 Å². The Bertz CT molecular complexity index is 271. The van der Waals surface area contributed by atoms with Gasteiger partial charge >= 0.3 is 11.8 Å². The first-order valence-corrected chi connectivity index (χ1v) is 6.29. The molecule has 0 rings (SSSR count). The quantitative estimate of drug-likeness (QED) is 0.629. The van der Waals surface area contributed by atoms with Gasteiger partial charge in [0.05, 0.1) is 6.67 Å². The van der Waals surface area contributed by atoms with Crippen molar-refractivity contribution in [3.05, 3.63) is 0 Å². The summed E-state index contributed by atoms with van der Waals surface area (Å²) >= 11 is 0.614. The Labute approximate surface area is 105 Å². The van der Waals surface area contributed by atoms with Crippen LogP contribution in [0.15, 0.2) is 0 Å². The summed E-state index contributed by atoms with van der Waals surface area (Å²) in [6, 6.07) is 0. The normalized spacial score (nSPS) is 14.6. The highest BCUT2D eigenvalue weighted by Crippen LogP contribution is 2.42. The van der Waals surface area contributed by atoms with E-state index in [-0.39, 0.29) is 17.3 Å². The summed E-state index contributed by atoms with van der Waals surface area (Å²) in [6.45, 7) is -0.120. The van der Waals surface area contributed by atoms with Gasteiger partial charge in [0, 0.05) is 18.6 Å². The molecule has 0 bridgehead atoms. The van der Waals surface area contributed by atoms with E-state index < -0.39 is 37.5 Å². The molecule has 0 aliphatic carbocycles. The Morgan fingerprint density at radius 1 is 1.28 bits per heavy atom. The molecule has 0 aromatic carbocycles. The number of hydrogen-bond donors (Lipinski definition) is 0. The maximum absolute atomic E-state index is 13.1. The third-order valence-corrected chi connectivity index (χ3v) is 3.26. The second-order valence-corrected chi connectivity index (χ2v) is 4.75. The summed E-state index contributed by atoms with van der Waals surface area (Å²) in [7, 11) is 0. The molecule has 1 unspecified atom stereocenters. The van der Waals surface area contributed by atoms with Gasteiger partial charge in [0.25, 0.3) is 0 Å². The predicted octanol–water partition coefficient (Wildman–Crippen LogP) is 4.01. The summed E-state index contributed by atoms with van der Waals surface area (Å²) < 4.78 is 76.4. The van der Waals surface area contributed by atoms with Crippen molar-refractivity contribution in [2.24, 2.45) is 0 Å². The van der Waals surface area contributed by atoms with Crippen molar-refractivity contribution in [2.45, 2.75) is 44.2 Å². The molecular weight excluding hydrogens is 282 g/mol. The molecular formula is C10H14F6OS. The van der Waals surface area contributed by atoms with E-state index in [1.165, 1.54) is 6.92 Å². The van der Waals surface area contributed by atoms with E-state index in [0.29, 0.717) is 11.8 Å². The monoisotopic (exact) mass is 296 g/mol. The lowest BCUT2D eigenvalue weighted by atomic mass is 10.0. The molecule has 8 heteroatoms. The standard InChI is InChI=1S/C10H14F6OS/c1-2-8(17)18-6-3-7(12)10(15,16)9(13,14)4-5-11/h7H,2-6H2,1H3. The summed E-state index contributed by atoms with van der Waals surface area (Å²) in [4.78, 5) is 10.8. The van der Waals surface area contributed by atoms with Crippen molar-refractivity contribution in [3.63, 3.8) is 0 Å². The van der Waals surface area contributed by atoms with E-state index in [1.807, 2.05) is 0 Å². The summed E-state index contributed by atoms with van der Waals surface area (Å²) in [5, 5.41) is -0.332. The molecule has 108 valence electrons. The van der Waals surface area contributed by atoms with Crippen LogP contribution in [0.2, 0.25) is 0 Å². The Morgan fingerprint density at radius 3 is 2.28 bits per heavy atom. The Kier molecular flexibility index (Phi) is 7.09. The van der Waals surface area contributed by atoms with Crippen molar-refractivity contribution in [1.29, 1.82) is 0 Å².